The van der Waals surface area contributed by atoms with Crippen molar-refractivity contribution in [3.05, 3.63) is 23.8 Å². The van der Waals surface area contributed by atoms with E-state index in [-0.39, 0.29) is 13.4 Å². The van der Waals surface area contributed by atoms with Gasteiger partial charge in [0.15, 0.2) is 6.79 Å². The fourth-order valence-electron chi connectivity index (χ4n) is 1.18. The second-order valence-corrected chi connectivity index (χ2v) is 2.95. The molecule has 0 heterocycles. The molecule has 4 nitrogen and oxygen atoms in total. The van der Waals surface area contributed by atoms with Gasteiger partial charge < -0.3 is 19.3 Å². The van der Waals surface area contributed by atoms with Crippen LogP contribution in [0.5, 0.6) is 11.5 Å². The summed E-state index contributed by atoms with van der Waals surface area (Å²) >= 11 is 0. The Morgan fingerprint density at radius 2 is 1.80 bits per heavy atom. The molecule has 0 aliphatic rings. The minimum Gasteiger partial charge on any atom is -0.494 e. The van der Waals surface area contributed by atoms with E-state index in [4.69, 9.17) is 19.3 Å². The Bertz CT molecular complexity index is 299. The molecular formula is C11H16O4. The van der Waals surface area contributed by atoms with Gasteiger partial charge in [0.2, 0.25) is 0 Å². The maximum atomic E-state index is 9.04. The van der Waals surface area contributed by atoms with Crippen LogP contribution in [0.15, 0.2) is 18.2 Å². The highest BCUT2D eigenvalue weighted by atomic mass is 16.7. The number of aliphatic hydroxyl groups is 1. The van der Waals surface area contributed by atoms with Crippen LogP contribution in [0.3, 0.4) is 0 Å². The number of methoxy groups -OCH3 is 1. The van der Waals surface area contributed by atoms with Crippen molar-refractivity contribution in [3.8, 4) is 11.5 Å². The van der Waals surface area contributed by atoms with E-state index >= 15 is 0 Å². The fraction of sp³-hybridized carbons (Fsp3) is 0.455. The summed E-state index contributed by atoms with van der Waals surface area (Å²) in [5.41, 5.74) is 0.757. The Kier molecular flexibility index (Phi) is 4.93. The average Bonchev–Trinajstić information content (AvgIpc) is 2.26. The van der Waals surface area contributed by atoms with Gasteiger partial charge >= 0.3 is 0 Å². The maximum absolute atomic E-state index is 9.04. The molecule has 0 unspecified atom stereocenters. The quantitative estimate of drug-likeness (QED) is 0.727. The minimum atomic E-state index is -0.0374. The Hall–Kier alpha value is -1.26. The lowest BCUT2D eigenvalue weighted by molar-refractivity contribution is 0.0508. The van der Waals surface area contributed by atoms with E-state index in [1.165, 1.54) is 0 Å². The van der Waals surface area contributed by atoms with Crippen LogP contribution in [0.25, 0.3) is 0 Å². The van der Waals surface area contributed by atoms with Crippen LogP contribution in [0.4, 0.5) is 0 Å². The standard InChI is InChI=1S/C11H16O4/c1-3-14-10-4-9(7-12)5-11(6-10)15-8-13-2/h4-6,12H,3,7-8H2,1-2H3. The first-order valence-electron chi connectivity index (χ1n) is 4.79. The molecule has 1 N–H and O–H groups in total. The SMILES string of the molecule is CCOc1cc(CO)cc(OCOC)c1. The monoisotopic (exact) mass is 212 g/mol. The summed E-state index contributed by atoms with van der Waals surface area (Å²) in [5.74, 6) is 1.32. The van der Waals surface area contributed by atoms with E-state index in [0.717, 1.165) is 5.56 Å². The predicted molar refractivity (Wildman–Crippen MR) is 56.0 cm³/mol. The van der Waals surface area contributed by atoms with Crippen molar-refractivity contribution in [1.82, 2.24) is 0 Å². The summed E-state index contributed by atoms with van der Waals surface area (Å²) in [6.45, 7) is 2.63. The van der Waals surface area contributed by atoms with Crippen molar-refractivity contribution in [2.24, 2.45) is 0 Å². The second-order valence-electron chi connectivity index (χ2n) is 2.95. The van der Waals surface area contributed by atoms with Crippen molar-refractivity contribution in [1.29, 1.82) is 0 Å². The lowest BCUT2D eigenvalue weighted by atomic mass is 10.2. The maximum Gasteiger partial charge on any atom is 0.188 e. The minimum absolute atomic E-state index is 0.0374. The zero-order valence-electron chi connectivity index (χ0n) is 9.03. The number of hydrogen-bond acceptors (Lipinski definition) is 4. The molecule has 0 fully saturated rings. The van der Waals surface area contributed by atoms with Crippen LogP contribution in [0.1, 0.15) is 12.5 Å². The van der Waals surface area contributed by atoms with E-state index in [0.29, 0.717) is 18.1 Å². The van der Waals surface area contributed by atoms with Crippen molar-refractivity contribution in [2.45, 2.75) is 13.5 Å². The summed E-state index contributed by atoms with van der Waals surface area (Å²) < 4.78 is 15.4. The number of benzene rings is 1. The first-order chi connectivity index (χ1) is 7.30. The molecule has 84 valence electrons. The molecule has 0 aliphatic heterocycles. The highest BCUT2D eigenvalue weighted by Crippen LogP contribution is 2.23. The van der Waals surface area contributed by atoms with Crippen molar-refractivity contribution in [2.75, 3.05) is 20.5 Å². The smallest absolute Gasteiger partial charge is 0.188 e. The summed E-state index contributed by atoms with van der Waals surface area (Å²) in [7, 11) is 1.55. The van der Waals surface area contributed by atoms with Gasteiger partial charge in [-0.2, -0.15) is 0 Å². The Balaban J connectivity index is 2.79. The highest BCUT2D eigenvalue weighted by molar-refractivity contribution is 5.38. The molecule has 0 aliphatic carbocycles. The van der Waals surface area contributed by atoms with Crippen LogP contribution >= 0.6 is 0 Å². The van der Waals surface area contributed by atoms with Crippen LogP contribution in [-0.4, -0.2) is 25.6 Å². The van der Waals surface area contributed by atoms with Crippen molar-refractivity contribution < 1.29 is 19.3 Å². The van der Waals surface area contributed by atoms with Crippen LogP contribution in [-0.2, 0) is 11.3 Å². The van der Waals surface area contributed by atoms with Gasteiger partial charge in [-0.25, -0.2) is 0 Å². The summed E-state index contributed by atoms with van der Waals surface area (Å²) in [5, 5.41) is 9.04. The molecule has 0 amide bonds. The van der Waals surface area contributed by atoms with Crippen LogP contribution in [0, 0.1) is 0 Å². The van der Waals surface area contributed by atoms with Gasteiger partial charge in [-0.3, -0.25) is 0 Å². The largest absolute Gasteiger partial charge is 0.494 e. The lowest BCUT2D eigenvalue weighted by Gasteiger charge is -2.09. The number of aliphatic hydroxyl groups excluding tert-OH is 1. The Morgan fingerprint density at radius 1 is 1.13 bits per heavy atom. The molecule has 0 spiro atoms. The molecule has 0 bridgehead atoms. The van der Waals surface area contributed by atoms with E-state index < -0.39 is 0 Å². The third-order valence-electron chi connectivity index (χ3n) is 1.78. The summed E-state index contributed by atoms with van der Waals surface area (Å²) in [6, 6.07) is 5.30. The molecule has 0 saturated carbocycles. The molecule has 1 aromatic rings. The van der Waals surface area contributed by atoms with Gasteiger partial charge in [0, 0.05) is 13.2 Å². The Morgan fingerprint density at radius 3 is 2.33 bits per heavy atom. The summed E-state index contributed by atoms with van der Waals surface area (Å²) in [6.07, 6.45) is 0. The molecule has 0 radical (unpaired) electrons. The topological polar surface area (TPSA) is 47.9 Å². The molecular weight excluding hydrogens is 196 g/mol. The third kappa shape index (κ3) is 3.77. The number of rotatable bonds is 6. The van der Waals surface area contributed by atoms with Gasteiger partial charge in [0.1, 0.15) is 11.5 Å². The van der Waals surface area contributed by atoms with Gasteiger partial charge in [0.05, 0.1) is 13.2 Å². The van der Waals surface area contributed by atoms with E-state index in [1.807, 2.05) is 6.92 Å². The first kappa shape index (κ1) is 11.8. The van der Waals surface area contributed by atoms with E-state index in [9.17, 15) is 0 Å². The van der Waals surface area contributed by atoms with Crippen LogP contribution in [0.2, 0.25) is 0 Å². The average molecular weight is 212 g/mol. The molecule has 15 heavy (non-hydrogen) atoms. The molecule has 0 aromatic heterocycles. The van der Waals surface area contributed by atoms with Gasteiger partial charge in [0.25, 0.3) is 0 Å². The van der Waals surface area contributed by atoms with Gasteiger partial charge in [-0.05, 0) is 24.6 Å². The Labute approximate surface area is 89.4 Å². The molecule has 4 heteroatoms. The predicted octanol–water partition coefficient (Wildman–Crippen LogP) is 1.56. The zero-order chi connectivity index (χ0) is 11.1. The van der Waals surface area contributed by atoms with Crippen LogP contribution < -0.4 is 9.47 Å². The fourth-order valence-corrected chi connectivity index (χ4v) is 1.18. The van der Waals surface area contributed by atoms with Gasteiger partial charge in [-0.15, -0.1) is 0 Å². The first-order valence-corrected chi connectivity index (χ1v) is 4.79. The van der Waals surface area contributed by atoms with E-state index in [2.05, 4.69) is 0 Å². The second kappa shape index (κ2) is 6.27. The summed E-state index contributed by atoms with van der Waals surface area (Å²) in [4.78, 5) is 0. The third-order valence-corrected chi connectivity index (χ3v) is 1.78. The highest BCUT2D eigenvalue weighted by Gasteiger charge is 2.02. The normalized spacial score (nSPS) is 10.1. The van der Waals surface area contributed by atoms with Crippen molar-refractivity contribution in [3.63, 3.8) is 0 Å². The lowest BCUT2D eigenvalue weighted by Crippen LogP contribution is -2.00. The molecule has 1 aromatic carbocycles. The van der Waals surface area contributed by atoms with Gasteiger partial charge in [-0.1, -0.05) is 0 Å². The molecule has 0 saturated heterocycles. The molecule has 0 atom stereocenters. The van der Waals surface area contributed by atoms with E-state index in [1.54, 1.807) is 25.3 Å². The molecule has 1 rings (SSSR count). The van der Waals surface area contributed by atoms with Crippen molar-refractivity contribution >= 4 is 0 Å². The zero-order valence-corrected chi connectivity index (χ0v) is 9.03. The number of hydrogen-bond donors (Lipinski definition) is 1. The number of ether oxygens (including phenoxy) is 3.